The molecule has 1 aromatic heterocycles. The number of anilines is 1. The lowest BCUT2D eigenvalue weighted by Gasteiger charge is -2.11. The number of thiocarbonyl (C=S) groups is 1. The van der Waals surface area contributed by atoms with Gasteiger partial charge in [-0.2, -0.15) is 0 Å². The van der Waals surface area contributed by atoms with Crippen molar-refractivity contribution in [2.24, 2.45) is 5.73 Å². The molecule has 0 saturated heterocycles. The topological polar surface area (TPSA) is 69.4 Å². The Hall–Kier alpha value is -2.34. The maximum atomic E-state index is 5.57. The average molecular weight is 303 g/mol. The molecule has 21 heavy (non-hydrogen) atoms. The second-order valence-corrected chi connectivity index (χ2v) is 4.78. The van der Waals surface area contributed by atoms with Gasteiger partial charge in [0.1, 0.15) is 4.99 Å². The molecular weight excluding hydrogens is 286 g/mol. The predicted octanol–water partition coefficient (Wildman–Crippen LogP) is 2.35. The first kappa shape index (κ1) is 15.1. The van der Waals surface area contributed by atoms with Crippen LogP contribution in [0.5, 0.6) is 11.5 Å². The molecule has 110 valence electrons. The van der Waals surface area contributed by atoms with Crippen LogP contribution in [0.3, 0.4) is 0 Å². The molecule has 0 spiro atoms. The first-order valence-electron chi connectivity index (χ1n) is 6.34. The highest BCUT2D eigenvalue weighted by Crippen LogP contribution is 2.27. The van der Waals surface area contributed by atoms with E-state index in [4.69, 9.17) is 27.4 Å². The van der Waals surface area contributed by atoms with Crippen LogP contribution in [0, 0.1) is 0 Å². The molecule has 1 heterocycles. The lowest BCUT2D eigenvalue weighted by atomic mass is 10.2. The lowest BCUT2D eigenvalue weighted by Crippen LogP contribution is -2.12. The Morgan fingerprint density at radius 1 is 1.19 bits per heavy atom. The number of methoxy groups -OCH3 is 2. The summed E-state index contributed by atoms with van der Waals surface area (Å²) >= 11 is 4.92. The predicted molar refractivity (Wildman–Crippen MR) is 87.0 cm³/mol. The molecular formula is C15H17N3O2S. The smallest absolute Gasteiger partial charge is 0.161 e. The maximum absolute atomic E-state index is 5.57. The Morgan fingerprint density at radius 3 is 2.62 bits per heavy atom. The van der Waals surface area contributed by atoms with E-state index in [0.29, 0.717) is 23.7 Å². The van der Waals surface area contributed by atoms with E-state index in [1.54, 1.807) is 20.4 Å². The van der Waals surface area contributed by atoms with Crippen molar-refractivity contribution in [3.05, 3.63) is 47.8 Å². The Balaban J connectivity index is 2.09. The first-order chi connectivity index (χ1) is 10.1. The van der Waals surface area contributed by atoms with Gasteiger partial charge < -0.3 is 20.5 Å². The quantitative estimate of drug-likeness (QED) is 0.798. The minimum absolute atomic E-state index is 0.282. The fourth-order valence-electron chi connectivity index (χ4n) is 1.87. The van der Waals surface area contributed by atoms with Crippen LogP contribution in [-0.4, -0.2) is 24.2 Å². The molecule has 3 N–H and O–H groups in total. The van der Waals surface area contributed by atoms with Crippen molar-refractivity contribution in [3.63, 3.8) is 0 Å². The van der Waals surface area contributed by atoms with Gasteiger partial charge in [0, 0.05) is 18.4 Å². The number of nitrogens with two attached hydrogens (primary N) is 1. The average Bonchev–Trinajstić information content (AvgIpc) is 2.52. The number of hydrogen-bond acceptors (Lipinski definition) is 5. The van der Waals surface area contributed by atoms with Crippen LogP contribution in [0.15, 0.2) is 36.5 Å². The molecule has 5 nitrogen and oxygen atoms in total. The lowest BCUT2D eigenvalue weighted by molar-refractivity contribution is 0.354. The molecule has 0 saturated carbocycles. The molecule has 1 aromatic carbocycles. The Kier molecular flexibility index (Phi) is 4.94. The van der Waals surface area contributed by atoms with E-state index >= 15 is 0 Å². The van der Waals surface area contributed by atoms with E-state index < -0.39 is 0 Å². The van der Waals surface area contributed by atoms with E-state index in [2.05, 4.69) is 10.3 Å². The number of rotatable bonds is 6. The summed E-state index contributed by atoms with van der Waals surface area (Å²) in [6.45, 7) is 0.640. The fourth-order valence-corrected chi connectivity index (χ4v) is 1.98. The van der Waals surface area contributed by atoms with Crippen molar-refractivity contribution >= 4 is 22.9 Å². The number of ether oxygens (including phenoxy) is 2. The summed E-state index contributed by atoms with van der Waals surface area (Å²) in [5.74, 6) is 1.41. The van der Waals surface area contributed by atoms with Crippen LogP contribution >= 0.6 is 12.2 Å². The monoisotopic (exact) mass is 303 g/mol. The normalized spacial score (nSPS) is 10.0. The third kappa shape index (κ3) is 3.82. The standard InChI is InChI=1S/C15H17N3O2S/c1-19-13-4-3-10(7-14(13)20-2)9-18-11-5-6-17-12(8-11)15(16)21/h3-8H,9H2,1-2H3,(H2,16,21)(H,17,18). The molecule has 2 rings (SSSR count). The van der Waals surface area contributed by atoms with Crippen LogP contribution in [-0.2, 0) is 6.54 Å². The fraction of sp³-hybridized carbons (Fsp3) is 0.200. The number of hydrogen-bond donors (Lipinski definition) is 2. The number of nitrogens with one attached hydrogen (secondary N) is 1. The van der Waals surface area contributed by atoms with Crippen LogP contribution in [0.25, 0.3) is 0 Å². The van der Waals surface area contributed by atoms with Crippen molar-refractivity contribution < 1.29 is 9.47 Å². The van der Waals surface area contributed by atoms with Crippen molar-refractivity contribution in [1.82, 2.24) is 4.98 Å². The largest absolute Gasteiger partial charge is 0.493 e. The summed E-state index contributed by atoms with van der Waals surface area (Å²) in [4.78, 5) is 4.38. The minimum Gasteiger partial charge on any atom is -0.493 e. The van der Waals surface area contributed by atoms with Crippen LogP contribution in [0.2, 0.25) is 0 Å². The number of pyridine rings is 1. The van der Waals surface area contributed by atoms with Gasteiger partial charge in [-0.1, -0.05) is 18.3 Å². The van der Waals surface area contributed by atoms with Crippen molar-refractivity contribution in [1.29, 1.82) is 0 Å². The van der Waals surface area contributed by atoms with Gasteiger partial charge in [-0.05, 0) is 29.8 Å². The Labute approximate surface area is 129 Å². The summed E-state index contributed by atoms with van der Waals surface area (Å²) in [6.07, 6.45) is 1.67. The van der Waals surface area contributed by atoms with Crippen LogP contribution < -0.4 is 20.5 Å². The second kappa shape index (κ2) is 6.90. The summed E-state index contributed by atoms with van der Waals surface area (Å²) in [5, 5.41) is 3.29. The number of nitrogens with zero attached hydrogens (tertiary/aromatic N) is 1. The van der Waals surface area contributed by atoms with Gasteiger partial charge in [-0.3, -0.25) is 4.98 Å². The number of aromatic nitrogens is 1. The van der Waals surface area contributed by atoms with E-state index in [0.717, 1.165) is 11.3 Å². The van der Waals surface area contributed by atoms with Crippen molar-refractivity contribution in [2.45, 2.75) is 6.54 Å². The number of benzene rings is 1. The molecule has 2 aromatic rings. The van der Waals surface area contributed by atoms with Gasteiger partial charge >= 0.3 is 0 Å². The van der Waals surface area contributed by atoms with Gasteiger partial charge in [0.2, 0.25) is 0 Å². The van der Waals surface area contributed by atoms with Crippen molar-refractivity contribution in [3.8, 4) is 11.5 Å². The zero-order chi connectivity index (χ0) is 15.2. The van der Waals surface area contributed by atoms with Gasteiger partial charge in [-0.15, -0.1) is 0 Å². The zero-order valence-electron chi connectivity index (χ0n) is 11.9. The SMILES string of the molecule is COc1ccc(CNc2ccnc(C(N)=S)c2)cc1OC. The summed E-state index contributed by atoms with van der Waals surface area (Å²) in [6, 6.07) is 9.47. The molecule has 0 atom stereocenters. The molecule has 0 unspecified atom stereocenters. The van der Waals surface area contributed by atoms with Gasteiger partial charge in [-0.25, -0.2) is 0 Å². The summed E-state index contributed by atoms with van der Waals surface area (Å²) in [5.41, 5.74) is 8.15. The summed E-state index contributed by atoms with van der Waals surface area (Å²) < 4.78 is 10.5. The van der Waals surface area contributed by atoms with Crippen LogP contribution in [0.4, 0.5) is 5.69 Å². The Morgan fingerprint density at radius 2 is 1.95 bits per heavy atom. The molecule has 0 bridgehead atoms. The van der Waals surface area contributed by atoms with Gasteiger partial charge in [0.25, 0.3) is 0 Å². The molecule has 0 amide bonds. The highest BCUT2D eigenvalue weighted by atomic mass is 32.1. The molecule has 0 fully saturated rings. The third-order valence-corrected chi connectivity index (χ3v) is 3.17. The van der Waals surface area contributed by atoms with E-state index in [-0.39, 0.29) is 4.99 Å². The van der Waals surface area contributed by atoms with Gasteiger partial charge in [0.15, 0.2) is 11.5 Å². The van der Waals surface area contributed by atoms with Crippen LogP contribution in [0.1, 0.15) is 11.3 Å². The Bertz CT molecular complexity index is 647. The maximum Gasteiger partial charge on any atom is 0.161 e. The van der Waals surface area contributed by atoms with E-state index in [1.807, 2.05) is 30.3 Å². The molecule has 0 aliphatic carbocycles. The first-order valence-corrected chi connectivity index (χ1v) is 6.75. The van der Waals surface area contributed by atoms with Crippen molar-refractivity contribution in [2.75, 3.05) is 19.5 Å². The highest BCUT2D eigenvalue weighted by molar-refractivity contribution is 7.80. The van der Waals surface area contributed by atoms with E-state index in [9.17, 15) is 0 Å². The molecule has 0 aliphatic rings. The van der Waals surface area contributed by atoms with E-state index in [1.165, 1.54) is 0 Å². The third-order valence-electron chi connectivity index (χ3n) is 2.96. The van der Waals surface area contributed by atoms with Gasteiger partial charge in [0.05, 0.1) is 19.9 Å². The molecule has 6 heteroatoms. The highest BCUT2D eigenvalue weighted by Gasteiger charge is 2.05. The summed E-state index contributed by atoms with van der Waals surface area (Å²) in [7, 11) is 3.23. The molecule has 0 radical (unpaired) electrons. The minimum atomic E-state index is 0.282. The zero-order valence-corrected chi connectivity index (χ0v) is 12.7. The second-order valence-electron chi connectivity index (χ2n) is 4.34. The molecule has 0 aliphatic heterocycles.